The predicted molar refractivity (Wildman–Crippen MR) is 46.6 cm³/mol. The molecule has 0 aliphatic heterocycles. The summed E-state index contributed by atoms with van der Waals surface area (Å²) in [5.41, 5.74) is 1.86. The molecule has 0 spiro atoms. The van der Waals surface area contributed by atoms with E-state index in [1.807, 2.05) is 19.1 Å². The van der Waals surface area contributed by atoms with Gasteiger partial charge in [0.05, 0.1) is 6.61 Å². The summed E-state index contributed by atoms with van der Waals surface area (Å²) in [6.45, 7) is 2.63. The topological polar surface area (TPSA) is 9.23 Å². The molecule has 0 radical (unpaired) electrons. The molecule has 0 aliphatic carbocycles. The Morgan fingerprint density at radius 3 is 2.23 bits per heavy atom. The van der Waals surface area contributed by atoms with E-state index in [1.165, 1.54) is 0 Å². The highest BCUT2D eigenvalue weighted by Gasteiger charge is 2.21. The number of benzene rings is 1. The van der Waals surface area contributed by atoms with Gasteiger partial charge in [0.2, 0.25) is 0 Å². The molecule has 0 saturated heterocycles. The van der Waals surface area contributed by atoms with Crippen molar-refractivity contribution in [2.75, 3.05) is 0 Å². The SMILES string of the molecule is Cc1ccc(COC(C)(F)F)cc1. The summed E-state index contributed by atoms with van der Waals surface area (Å²) in [6, 6.07) is 7.29. The van der Waals surface area contributed by atoms with Crippen LogP contribution in [0.1, 0.15) is 18.1 Å². The van der Waals surface area contributed by atoms with Crippen LogP contribution in [0.2, 0.25) is 0 Å². The highest BCUT2D eigenvalue weighted by Crippen LogP contribution is 2.16. The molecule has 0 bridgehead atoms. The van der Waals surface area contributed by atoms with E-state index in [9.17, 15) is 8.78 Å². The van der Waals surface area contributed by atoms with E-state index in [1.54, 1.807) is 12.1 Å². The van der Waals surface area contributed by atoms with E-state index in [2.05, 4.69) is 4.74 Å². The van der Waals surface area contributed by atoms with Gasteiger partial charge >= 0.3 is 6.11 Å². The molecule has 1 rings (SSSR count). The first-order valence-corrected chi connectivity index (χ1v) is 4.05. The zero-order chi connectivity index (χ0) is 9.90. The fourth-order valence-corrected chi connectivity index (χ4v) is 0.894. The molecule has 0 unspecified atom stereocenters. The maximum atomic E-state index is 12.3. The molecule has 0 aromatic heterocycles. The molecule has 0 atom stereocenters. The summed E-state index contributed by atoms with van der Waals surface area (Å²) in [4.78, 5) is 0. The molecule has 0 N–H and O–H groups in total. The van der Waals surface area contributed by atoms with Crippen molar-refractivity contribution >= 4 is 0 Å². The summed E-state index contributed by atoms with van der Waals surface area (Å²) < 4.78 is 28.9. The summed E-state index contributed by atoms with van der Waals surface area (Å²) in [7, 11) is 0. The van der Waals surface area contributed by atoms with Crippen LogP contribution in [0.3, 0.4) is 0 Å². The maximum absolute atomic E-state index is 12.3. The zero-order valence-corrected chi connectivity index (χ0v) is 7.68. The zero-order valence-electron chi connectivity index (χ0n) is 7.68. The largest absolute Gasteiger partial charge is 0.353 e. The fourth-order valence-electron chi connectivity index (χ4n) is 0.894. The molecule has 13 heavy (non-hydrogen) atoms. The number of hydrogen-bond donors (Lipinski definition) is 0. The number of rotatable bonds is 3. The minimum absolute atomic E-state index is 0.0518. The van der Waals surface area contributed by atoms with Gasteiger partial charge in [-0.1, -0.05) is 29.8 Å². The summed E-state index contributed by atoms with van der Waals surface area (Å²) in [5.74, 6) is 0. The van der Waals surface area contributed by atoms with Crippen molar-refractivity contribution in [2.24, 2.45) is 0 Å². The molecular weight excluding hydrogens is 174 g/mol. The van der Waals surface area contributed by atoms with Crippen molar-refractivity contribution in [3.63, 3.8) is 0 Å². The summed E-state index contributed by atoms with van der Waals surface area (Å²) in [6.07, 6.45) is -3.05. The first-order valence-electron chi connectivity index (χ1n) is 4.05. The van der Waals surface area contributed by atoms with Crippen LogP contribution in [0.15, 0.2) is 24.3 Å². The van der Waals surface area contributed by atoms with Gasteiger partial charge in [0.15, 0.2) is 0 Å². The van der Waals surface area contributed by atoms with Gasteiger partial charge < -0.3 is 4.74 Å². The van der Waals surface area contributed by atoms with Gasteiger partial charge in [-0.15, -0.1) is 0 Å². The van der Waals surface area contributed by atoms with Crippen LogP contribution in [0.25, 0.3) is 0 Å². The summed E-state index contributed by atoms with van der Waals surface area (Å²) >= 11 is 0. The van der Waals surface area contributed by atoms with Crippen molar-refractivity contribution in [3.8, 4) is 0 Å². The van der Waals surface area contributed by atoms with Crippen LogP contribution in [-0.2, 0) is 11.3 Å². The molecule has 72 valence electrons. The Labute approximate surface area is 76.3 Å². The number of alkyl halides is 2. The minimum atomic E-state index is -3.05. The lowest BCUT2D eigenvalue weighted by Gasteiger charge is -2.11. The second kappa shape index (κ2) is 3.83. The average molecular weight is 186 g/mol. The molecule has 0 saturated carbocycles. The molecule has 3 heteroatoms. The maximum Gasteiger partial charge on any atom is 0.353 e. The second-order valence-electron chi connectivity index (χ2n) is 3.08. The van der Waals surface area contributed by atoms with Crippen LogP contribution in [-0.4, -0.2) is 6.11 Å². The van der Waals surface area contributed by atoms with Gasteiger partial charge in [-0.2, -0.15) is 8.78 Å². The number of aryl methyl sites for hydroxylation is 1. The van der Waals surface area contributed by atoms with Crippen molar-refractivity contribution in [2.45, 2.75) is 26.6 Å². The van der Waals surface area contributed by atoms with Crippen LogP contribution in [0.4, 0.5) is 8.78 Å². The van der Waals surface area contributed by atoms with Crippen molar-refractivity contribution in [1.82, 2.24) is 0 Å². The van der Waals surface area contributed by atoms with E-state index in [4.69, 9.17) is 0 Å². The third-order valence-corrected chi connectivity index (χ3v) is 1.61. The monoisotopic (exact) mass is 186 g/mol. The van der Waals surface area contributed by atoms with E-state index >= 15 is 0 Å². The Kier molecular flexibility index (Phi) is 2.98. The Hall–Kier alpha value is -0.960. The van der Waals surface area contributed by atoms with E-state index in [-0.39, 0.29) is 6.61 Å². The number of hydrogen-bond acceptors (Lipinski definition) is 1. The highest BCUT2D eigenvalue weighted by atomic mass is 19.3. The molecular formula is C10H12F2O. The van der Waals surface area contributed by atoms with Gasteiger partial charge in [0.25, 0.3) is 0 Å². The second-order valence-corrected chi connectivity index (χ2v) is 3.08. The Morgan fingerprint density at radius 2 is 1.77 bits per heavy atom. The van der Waals surface area contributed by atoms with E-state index in [0.717, 1.165) is 18.1 Å². The van der Waals surface area contributed by atoms with Crippen molar-refractivity contribution < 1.29 is 13.5 Å². The normalized spacial score (nSPS) is 11.7. The predicted octanol–water partition coefficient (Wildman–Crippen LogP) is 3.12. The molecule has 1 aromatic rings. The third-order valence-electron chi connectivity index (χ3n) is 1.61. The standard InChI is InChI=1S/C10H12F2O/c1-8-3-5-9(6-4-8)7-13-10(2,11)12/h3-6H,7H2,1-2H3. The molecule has 0 aliphatic rings. The van der Waals surface area contributed by atoms with E-state index < -0.39 is 6.11 Å². The Morgan fingerprint density at radius 1 is 1.23 bits per heavy atom. The lowest BCUT2D eigenvalue weighted by molar-refractivity contribution is -0.231. The van der Waals surface area contributed by atoms with Crippen LogP contribution in [0.5, 0.6) is 0 Å². The molecule has 1 nitrogen and oxygen atoms in total. The third kappa shape index (κ3) is 3.99. The Bertz CT molecular complexity index is 261. The summed E-state index contributed by atoms with van der Waals surface area (Å²) in [5, 5.41) is 0. The fraction of sp³-hybridized carbons (Fsp3) is 0.400. The number of ether oxygens (including phenoxy) is 1. The molecule has 0 heterocycles. The highest BCUT2D eigenvalue weighted by molar-refractivity contribution is 5.20. The van der Waals surface area contributed by atoms with Crippen LogP contribution >= 0.6 is 0 Å². The lowest BCUT2D eigenvalue weighted by atomic mass is 10.2. The molecule has 0 amide bonds. The average Bonchev–Trinajstić information content (AvgIpc) is 2.02. The van der Waals surface area contributed by atoms with Crippen molar-refractivity contribution in [3.05, 3.63) is 35.4 Å². The number of halogens is 2. The lowest BCUT2D eigenvalue weighted by Crippen LogP contribution is -2.14. The molecule has 1 aromatic carbocycles. The van der Waals surface area contributed by atoms with Crippen molar-refractivity contribution in [1.29, 1.82) is 0 Å². The van der Waals surface area contributed by atoms with Gasteiger partial charge in [-0.3, -0.25) is 0 Å². The van der Waals surface area contributed by atoms with E-state index in [0.29, 0.717) is 0 Å². The van der Waals surface area contributed by atoms with Gasteiger partial charge in [-0.05, 0) is 12.5 Å². The minimum Gasteiger partial charge on any atom is -0.316 e. The van der Waals surface area contributed by atoms with Gasteiger partial charge in [0.1, 0.15) is 0 Å². The van der Waals surface area contributed by atoms with Gasteiger partial charge in [-0.25, -0.2) is 0 Å². The first-order chi connectivity index (χ1) is 5.97. The molecule has 0 fully saturated rings. The Balaban J connectivity index is 2.51. The first kappa shape index (κ1) is 10.1. The van der Waals surface area contributed by atoms with Gasteiger partial charge in [0, 0.05) is 6.92 Å². The quantitative estimate of drug-likeness (QED) is 0.704. The van der Waals surface area contributed by atoms with Crippen LogP contribution in [0, 0.1) is 6.92 Å². The smallest absolute Gasteiger partial charge is 0.316 e. The van der Waals surface area contributed by atoms with Crippen LogP contribution < -0.4 is 0 Å².